The van der Waals surface area contributed by atoms with Gasteiger partial charge in [0.15, 0.2) is 0 Å². The first-order chi connectivity index (χ1) is 28.4. The Hall–Kier alpha value is -4.98. The summed E-state index contributed by atoms with van der Waals surface area (Å²) in [5.41, 5.74) is 6.67. The second kappa shape index (κ2) is 16.3. The molecule has 2 unspecified atom stereocenters. The van der Waals surface area contributed by atoms with Crippen LogP contribution in [0.25, 0.3) is 21.8 Å². The molecule has 0 aliphatic carbocycles. The van der Waals surface area contributed by atoms with Crippen molar-refractivity contribution in [3.8, 4) is 0 Å². The number of fused-ring (bicyclic) bond motifs is 8. The molecule has 2 N–H and O–H groups in total. The molecule has 296 valence electrons. The first-order valence-electron chi connectivity index (χ1n) is 21.5. The van der Waals surface area contributed by atoms with Crippen molar-refractivity contribution in [1.29, 1.82) is 0 Å². The zero-order valence-corrected chi connectivity index (χ0v) is 33.6. The molecular formula is C52H58N4O2+2. The van der Waals surface area contributed by atoms with Crippen molar-refractivity contribution >= 4 is 21.8 Å². The SMILES string of the molecule is C=C[C@H]1C[N+]2(Cc3ccccc3)CC[C@H]1C[C@@H]2[C@@H](O)c1ccnc2ccccc12.C=C[C@H]1C[N+]2(Cc3ccccc3)CC[C@H]1C[C@H]2[C@H](O)c1ccnc2ccccc12. The topological polar surface area (TPSA) is 66.2 Å². The summed E-state index contributed by atoms with van der Waals surface area (Å²) in [6.07, 6.45) is 11.6. The molecule has 6 aliphatic heterocycles. The van der Waals surface area contributed by atoms with E-state index in [1.54, 1.807) is 0 Å². The van der Waals surface area contributed by atoms with Crippen molar-refractivity contribution in [3.63, 3.8) is 0 Å². The van der Waals surface area contributed by atoms with Gasteiger partial charge in [0, 0.05) is 71.8 Å². The monoisotopic (exact) mass is 770 g/mol. The van der Waals surface area contributed by atoms with Gasteiger partial charge in [-0.2, -0.15) is 0 Å². The quantitative estimate of drug-likeness (QED) is 0.108. The molecule has 2 aromatic heterocycles. The molecule has 4 aromatic carbocycles. The van der Waals surface area contributed by atoms with E-state index in [2.05, 4.69) is 108 Å². The van der Waals surface area contributed by atoms with Crippen LogP contribution in [0.2, 0.25) is 0 Å². The molecule has 8 heterocycles. The van der Waals surface area contributed by atoms with Crippen LogP contribution in [0, 0.1) is 23.7 Å². The van der Waals surface area contributed by atoms with Gasteiger partial charge in [-0.1, -0.05) is 109 Å². The summed E-state index contributed by atoms with van der Waals surface area (Å²) in [6.45, 7) is 14.6. The molecule has 0 amide bonds. The maximum absolute atomic E-state index is 11.7. The first-order valence-corrected chi connectivity index (χ1v) is 21.5. The zero-order valence-electron chi connectivity index (χ0n) is 33.6. The lowest BCUT2D eigenvalue weighted by atomic mass is 9.71. The Morgan fingerprint density at radius 2 is 0.948 bits per heavy atom. The van der Waals surface area contributed by atoms with Crippen LogP contribution in [0.5, 0.6) is 0 Å². The number of rotatable bonds is 10. The lowest BCUT2D eigenvalue weighted by Gasteiger charge is -2.58. The molecule has 10 atom stereocenters. The summed E-state index contributed by atoms with van der Waals surface area (Å²) in [6, 6.07) is 42.3. The highest BCUT2D eigenvalue weighted by atomic mass is 16.3. The van der Waals surface area contributed by atoms with Crippen LogP contribution in [-0.2, 0) is 13.1 Å². The predicted octanol–water partition coefficient (Wildman–Crippen LogP) is 9.76. The largest absolute Gasteiger partial charge is 0.382 e. The number of quaternary nitrogens is 2. The van der Waals surface area contributed by atoms with Gasteiger partial charge in [-0.25, -0.2) is 0 Å². The lowest BCUT2D eigenvalue weighted by Crippen LogP contribution is -2.67. The van der Waals surface area contributed by atoms with Crippen LogP contribution in [0.1, 0.15) is 60.1 Å². The number of aliphatic hydroxyl groups is 2. The minimum Gasteiger partial charge on any atom is -0.382 e. The number of nitrogens with zero attached hydrogens (tertiary/aromatic N) is 4. The normalized spacial score (nSPS) is 29.6. The van der Waals surface area contributed by atoms with Crippen molar-refractivity contribution in [3.05, 3.63) is 181 Å². The summed E-state index contributed by atoms with van der Waals surface area (Å²) in [7, 11) is 0. The number of pyridine rings is 2. The maximum Gasteiger partial charge on any atom is 0.131 e. The fraction of sp³-hybridized carbons (Fsp3) is 0.346. The van der Waals surface area contributed by atoms with Crippen LogP contribution in [0.3, 0.4) is 0 Å². The number of hydrogen-bond donors (Lipinski definition) is 2. The van der Waals surface area contributed by atoms with Crippen molar-refractivity contribution in [2.45, 2.75) is 63.1 Å². The van der Waals surface area contributed by atoms with Gasteiger partial charge in [0.1, 0.15) is 37.4 Å². The van der Waals surface area contributed by atoms with Crippen LogP contribution in [0.4, 0.5) is 0 Å². The van der Waals surface area contributed by atoms with E-state index < -0.39 is 12.2 Å². The van der Waals surface area contributed by atoms with Gasteiger partial charge >= 0.3 is 0 Å². The molecule has 6 aromatic rings. The van der Waals surface area contributed by atoms with Gasteiger partial charge in [0.25, 0.3) is 0 Å². The number of para-hydroxylation sites is 2. The molecule has 6 saturated heterocycles. The number of hydrogen-bond acceptors (Lipinski definition) is 4. The lowest BCUT2D eigenvalue weighted by molar-refractivity contribution is -0.984. The van der Waals surface area contributed by atoms with Crippen molar-refractivity contribution in [1.82, 2.24) is 9.97 Å². The van der Waals surface area contributed by atoms with E-state index in [1.807, 2.05) is 60.9 Å². The highest BCUT2D eigenvalue weighted by molar-refractivity contribution is 5.83. The summed E-state index contributed by atoms with van der Waals surface area (Å²) in [4.78, 5) is 9.00. The van der Waals surface area contributed by atoms with Gasteiger partial charge in [0.2, 0.25) is 0 Å². The fourth-order valence-electron chi connectivity index (χ4n) is 11.8. The van der Waals surface area contributed by atoms with E-state index in [9.17, 15) is 10.2 Å². The average molecular weight is 771 g/mol. The van der Waals surface area contributed by atoms with Gasteiger partial charge in [0.05, 0.1) is 37.2 Å². The Balaban J connectivity index is 0.000000150. The van der Waals surface area contributed by atoms with Crippen molar-refractivity contribution in [2.75, 3.05) is 26.2 Å². The summed E-state index contributed by atoms with van der Waals surface area (Å²) in [5, 5.41) is 25.5. The summed E-state index contributed by atoms with van der Waals surface area (Å²) in [5.74, 6) is 2.36. The molecule has 0 saturated carbocycles. The zero-order chi connectivity index (χ0) is 39.7. The maximum atomic E-state index is 11.7. The Morgan fingerprint density at radius 1 is 0.552 bits per heavy atom. The highest BCUT2D eigenvalue weighted by Crippen LogP contribution is 2.49. The van der Waals surface area contributed by atoms with Crippen LogP contribution in [-0.4, -0.2) is 67.4 Å². The predicted molar refractivity (Wildman–Crippen MR) is 234 cm³/mol. The van der Waals surface area contributed by atoms with Crippen LogP contribution >= 0.6 is 0 Å². The third-order valence-electron chi connectivity index (χ3n) is 14.8. The van der Waals surface area contributed by atoms with Gasteiger partial charge in [-0.3, -0.25) is 9.97 Å². The fourth-order valence-corrected chi connectivity index (χ4v) is 11.8. The minimum atomic E-state index is -0.486. The minimum absolute atomic E-state index is 0.205. The van der Waals surface area contributed by atoms with E-state index in [1.165, 1.54) is 24.0 Å². The summed E-state index contributed by atoms with van der Waals surface area (Å²) < 4.78 is 1.91. The molecule has 58 heavy (non-hydrogen) atoms. The van der Waals surface area contributed by atoms with Crippen LogP contribution < -0.4 is 0 Å². The number of aromatic nitrogens is 2. The van der Waals surface area contributed by atoms with Gasteiger partial charge < -0.3 is 19.2 Å². The number of benzene rings is 4. The van der Waals surface area contributed by atoms with E-state index in [0.717, 1.165) is 94.0 Å². The molecular weight excluding hydrogens is 713 g/mol. The molecule has 6 nitrogen and oxygen atoms in total. The highest BCUT2D eigenvalue weighted by Gasteiger charge is 2.55. The van der Waals surface area contributed by atoms with Crippen molar-refractivity contribution in [2.24, 2.45) is 23.7 Å². The van der Waals surface area contributed by atoms with E-state index in [0.29, 0.717) is 23.7 Å². The number of piperidine rings is 6. The Bertz CT molecular complexity index is 2190. The van der Waals surface area contributed by atoms with Gasteiger partial charge in [-0.15, -0.1) is 13.2 Å². The molecule has 0 spiro atoms. The molecule has 6 aliphatic rings. The second-order valence-corrected chi connectivity index (χ2v) is 17.8. The smallest absolute Gasteiger partial charge is 0.131 e. The molecule has 6 heteroatoms. The van der Waals surface area contributed by atoms with E-state index in [4.69, 9.17) is 0 Å². The average Bonchev–Trinajstić information content (AvgIpc) is 3.29. The third-order valence-corrected chi connectivity index (χ3v) is 14.8. The Labute approximate surface area is 344 Å². The molecule has 4 bridgehead atoms. The Kier molecular flexibility index (Phi) is 10.9. The third kappa shape index (κ3) is 7.21. The van der Waals surface area contributed by atoms with Crippen LogP contribution in [0.15, 0.2) is 159 Å². The first kappa shape index (κ1) is 38.5. The van der Waals surface area contributed by atoms with E-state index >= 15 is 0 Å². The summed E-state index contributed by atoms with van der Waals surface area (Å²) >= 11 is 0. The van der Waals surface area contributed by atoms with E-state index in [-0.39, 0.29) is 12.1 Å². The second-order valence-electron chi connectivity index (χ2n) is 17.8. The van der Waals surface area contributed by atoms with Crippen molar-refractivity contribution < 1.29 is 19.2 Å². The molecule has 0 radical (unpaired) electrons. The molecule has 12 rings (SSSR count). The van der Waals surface area contributed by atoms with Gasteiger partial charge in [-0.05, 0) is 47.2 Å². The Morgan fingerprint density at radius 3 is 1.36 bits per heavy atom. The molecule has 6 fully saturated rings. The standard InChI is InChI=1S/2C26H29N2O/c2*1-2-20-18-28(17-19-8-4-3-5-9-19)15-13-21(20)16-25(28)26(29)23-12-14-27-24-11-7-6-10-22(23)24/h2*2-12,14,20-21,25-26,29H,1,13,15-18H2/q2*+1/t20-,21-,25+,26-,28?;20-,21-,25-,26+,28?/m00/s1. The number of aliphatic hydroxyl groups excluding tert-OH is 2.